The van der Waals surface area contributed by atoms with E-state index in [0.717, 1.165) is 11.3 Å². The fourth-order valence-electron chi connectivity index (χ4n) is 2.46. The van der Waals surface area contributed by atoms with E-state index in [1.807, 2.05) is 6.07 Å². The van der Waals surface area contributed by atoms with Gasteiger partial charge in [-0.1, -0.05) is 0 Å². The fraction of sp³-hybridized carbons (Fsp3) is 0.176. The molecule has 3 rings (SSSR count). The minimum Gasteiger partial charge on any atom is -0.497 e. The van der Waals surface area contributed by atoms with Crippen LogP contribution in [-0.2, 0) is 18.4 Å². The standard InChI is InChI=1S/C17H17N3O3/c1-19-9-8-15-14(17(19)22)7-10-20(15)11-16(21)18-12-3-5-13(23-2)6-4-12/h3-10H,11H2,1-2H3,(H,18,21). The predicted octanol–water partition coefficient (Wildman–Crippen LogP) is 1.99. The zero-order valence-electron chi connectivity index (χ0n) is 12.9. The number of methoxy groups -OCH3 is 1. The largest absolute Gasteiger partial charge is 0.497 e. The molecule has 0 aliphatic carbocycles. The number of nitrogens with zero attached hydrogens (tertiary/aromatic N) is 2. The Hall–Kier alpha value is -3.02. The van der Waals surface area contributed by atoms with Crippen molar-refractivity contribution in [3.05, 3.63) is 59.1 Å². The normalized spacial score (nSPS) is 10.7. The molecule has 0 bridgehead atoms. The van der Waals surface area contributed by atoms with Crippen molar-refractivity contribution in [3.8, 4) is 5.75 Å². The van der Waals surface area contributed by atoms with Gasteiger partial charge >= 0.3 is 0 Å². The lowest BCUT2D eigenvalue weighted by Crippen LogP contribution is -2.19. The maximum atomic E-state index is 12.2. The molecule has 1 amide bonds. The second kappa shape index (κ2) is 6.00. The molecule has 6 heteroatoms. The van der Waals surface area contributed by atoms with Crippen LogP contribution in [0.2, 0.25) is 0 Å². The Labute approximate surface area is 132 Å². The van der Waals surface area contributed by atoms with E-state index in [9.17, 15) is 9.59 Å². The molecular formula is C17H17N3O3. The van der Waals surface area contributed by atoms with E-state index in [-0.39, 0.29) is 18.0 Å². The van der Waals surface area contributed by atoms with E-state index in [2.05, 4.69) is 5.32 Å². The van der Waals surface area contributed by atoms with Crippen LogP contribution < -0.4 is 15.6 Å². The Morgan fingerprint density at radius 2 is 1.87 bits per heavy atom. The fourth-order valence-corrected chi connectivity index (χ4v) is 2.46. The molecule has 0 saturated carbocycles. The number of hydrogen-bond acceptors (Lipinski definition) is 3. The molecule has 0 aliphatic rings. The van der Waals surface area contributed by atoms with Gasteiger partial charge in [-0.05, 0) is 36.4 Å². The summed E-state index contributed by atoms with van der Waals surface area (Å²) < 4.78 is 8.36. The Kier molecular flexibility index (Phi) is 3.89. The van der Waals surface area contributed by atoms with Crippen LogP contribution in [0.3, 0.4) is 0 Å². The van der Waals surface area contributed by atoms with Crippen LogP contribution in [0.5, 0.6) is 5.75 Å². The molecule has 118 valence electrons. The van der Waals surface area contributed by atoms with E-state index in [0.29, 0.717) is 11.1 Å². The third-order valence-electron chi connectivity index (χ3n) is 3.70. The summed E-state index contributed by atoms with van der Waals surface area (Å²) in [5.74, 6) is 0.573. The highest BCUT2D eigenvalue weighted by Crippen LogP contribution is 2.16. The number of benzene rings is 1. The first-order valence-electron chi connectivity index (χ1n) is 7.17. The maximum Gasteiger partial charge on any atom is 0.259 e. The van der Waals surface area contributed by atoms with Crippen LogP contribution in [0, 0.1) is 0 Å². The zero-order valence-corrected chi connectivity index (χ0v) is 12.9. The van der Waals surface area contributed by atoms with Crippen molar-refractivity contribution in [2.45, 2.75) is 6.54 Å². The average molecular weight is 311 g/mol. The highest BCUT2D eigenvalue weighted by Gasteiger charge is 2.09. The number of fused-ring (bicyclic) bond motifs is 1. The second-order valence-electron chi connectivity index (χ2n) is 5.25. The third-order valence-corrected chi connectivity index (χ3v) is 3.70. The summed E-state index contributed by atoms with van der Waals surface area (Å²) in [7, 11) is 3.30. The average Bonchev–Trinajstić information content (AvgIpc) is 2.95. The van der Waals surface area contributed by atoms with Gasteiger partial charge in [-0.2, -0.15) is 0 Å². The van der Waals surface area contributed by atoms with Gasteiger partial charge < -0.3 is 19.2 Å². The quantitative estimate of drug-likeness (QED) is 0.801. The van der Waals surface area contributed by atoms with E-state index in [4.69, 9.17) is 4.74 Å². The molecule has 0 saturated heterocycles. The van der Waals surface area contributed by atoms with Gasteiger partial charge in [-0.25, -0.2) is 0 Å². The predicted molar refractivity (Wildman–Crippen MR) is 88.8 cm³/mol. The van der Waals surface area contributed by atoms with E-state index in [1.54, 1.807) is 61.5 Å². The van der Waals surface area contributed by atoms with Gasteiger partial charge in [0.1, 0.15) is 12.3 Å². The topological polar surface area (TPSA) is 65.3 Å². The first kappa shape index (κ1) is 14.9. The zero-order chi connectivity index (χ0) is 16.4. The van der Waals surface area contributed by atoms with Crippen LogP contribution in [-0.4, -0.2) is 22.2 Å². The Morgan fingerprint density at radius 3 is 2.57 bits per heavy atom. The number of carbonyl (C=O) groups excluding carboxylic acids is 1. The summed E-state index contributed by atoms with van der Waals surface area (Å²) in [5, 5.41) is 3.43. The SMILES string of the molecule is COc1ccc(NC(=O)Cn2ccc3c(=O)n(C)ccc32)cc1. The number of rotatable bonds is 4. The Morgan fingerprint density at radius 1 is 1.13 bits per heavy atom. The molecular weight excluding hydrogens is 294 g/mol. The minimum absolute atomic E-state index is 0.0724. The number of amides is 1. The number of nitrogens with one attached hydrogen (secondary N) is 1. The summed E-state index contributed by atoms with van der Waals surface area (Å²) in [4.78, 5) is 24.2. The molecule has 0 atom stereocenters. The van der Waals surface area contributed by atoms with Crippen LogP contribution in [0.4, 0.5) is 5.69 Å². The summed E-state index contributed by atoms with van der Waals surface area (Å²) in [6, 6.07) is 10.7. The molecule has 3 aromatic rings. The van der Waals surface area contributed by atoms with Gasteiger partial charge in [-0.3, -0.25) is 9.59 Å². The highest BCUT2D eigenvalue weighted by atomic mass is 16.5. The molecule has 0 spiro atoms. The van der Waals surface area contributed by atoms with Crippen molar-refractivity contribution in [3.63, 3.8) is 0 Å². The molecule has 0 aliphatic heterocycles. The molecule has 23 heavy (non-hydrogen) atoms. The number of carbonyl (C=O) groups is 1. The van der Waals surface area contributed by atoms with Gasteiger partial charge in [0.25, 0.3) is 5.56 Å². The molecule has 0 unspecified atom stereocenters. The van der Waals surface area contributed by atoms with Crippen LogP contribution in [0.1, 0.15) is 0 Å². The van der Waals surface area contributed by atoms with E-state index in [1.165, 1.54) is 4.57 Å². The summed E-state index contributed by atoms with van der Waals surface area (Å²) in [6.07, 6.45) is 3.45. The summed E-state index contributed by atoms with van der Waals surface area (Å²) >= 11 is 0. The molecule has 6 nitrogen and oxygen atoms in total. The molecule has 0 fully saturated rings. The summed E-state index contributed by atoms with van der Waals surface area (Å²) in [6.45, 7) is 0.142. The minimum atomic E-state index is -0.159. The van der Waals surface area contributed by atoms with Gasteiger partial charge in [0.15, 0.2) is 0 Å². The highest BCUT2D eigenvalue weighted by molar-refractivity contribution is 5.92. The lowest BCUT2D eigenvalue weighted by molar-refractivity contribution is -0.116. The van der Waals surface area contributed by atoms with Crippen molar-refractivity contribution in [2.75, 3.05) is 12.4 Å². The van der Waals surface area contributed by atoms with Crippen LogP contribution >= 0.6 is 0 Å². The van der Waals surface area contributed by atoms with E-state index < -0.39 is 0 Å². The lowest BCUT2D eigenvalue weighted by atomic mass is 10.3. The van der Waals surface area contributed by atoms with Crippen LogP contribution in [0.25, 0.3) is 10.9 Å². The van der Waals surface area contributed by atoms with E-state index >= 15 is 0 Å². The summed E-state index contributed by atoms with van der Waals surface area (Å²) in [5.41, 5.74) is 1.37. The second-order valence-corrected chi connectivity index (χ2v) is 5.25. The molecule has 1 N–H and O–H groups in total. The Balaban J connectivity index is 1.77. The van der Waals surface area contributed by atoms with Gasteiger partial charge in [0, 0.05) is 25.1 Å². The lowest BCUT2D eigenvalue weighted by Gasteiger charge is -2.08. The molecule has 2 heterocycles. The first-order chi connectivity index (χ1) is 11.1. The van der Waals surface area contributed by atoms with Crippen LogP contribution in [0.15, 0.2) is 53.6 Å². The van der Waals surface area contributed by atoms with Gasteiger partial charge in [-0.15, -0.1) is 0 Å². The third kappa shape index (κ3) is 2.96. The van der Waals surface area contributed by atoms with Crippen molar-refractivity contribution < 1.29 is 9.53 Å². The van der Waals surface area contributed by atoms with Crippen molar-refractivity contribution >= 4 is 22.5 Å². The number of anilines is 1. The van der Waals surface area contributed by atoms with Crippen molar-refractivity contribution in [2.24, 2.45) is 7.05 Å². The Bertz CT molecular complexity index is 907. The van der Waals surface area contributed by atoms with Crippen molar-refractivity contribution in [1.82, 2.24) is 9.13 Å². The maximum absolute atomic E-state index is 12.2. The van der Waals surface area contributed by atoms with Gasteiger partial charge in [0.05, 0.1) is 18.0 Å². The van der Waals surface area contributed by atoms with Crippen molar-refractivity contribution in [1.29, 1.82) is 0 Å². The molecule has 0 radical (unpaired) electrons. The molecule has 1 aromatic carbocycles. The molecule has 2 aromatic heterocycles. The number of aromatic nitrogens is 2. The number of hydrogen-bond donors (Lipinski definition) is 1. The number of aryl methyl sites for hydroxylation is 1. The first-order valence-corrected chi connectivity index (χ1v) is 7.17. The van der Waals surface area contributed by atoms with Gasteiger partial charge in [0.2, 0.25) is 5.91 Å². The number of ether oxygens (including phenoxy) is 1. The number of pyridine rings is 1. The smallest absolute Gasteiger partial charge is 0.259 e. The monoisotopic (exact) mass is 311 g/mol.